The molecule has 0 radical (unpaired) electrons. The molecule has 7 nitrogen and oxygen atoms in total. The number of aryl methyl sites for hydroxylation is 5. The molecule has 0 aliphatic heterocycles. The molecule has 2 aliphatic carbocycles. The van der Waals surface area contributed by atoms with Gasteiger partial charge in [-0.3, -0.25) is 4.98 Å². The highest BCUT2D eigenvalue weighted by Crippen LogP contribution is 2.37. The van der Waals surface area contributed by atoms with Crippen molar-refractivity contribution in [3.05, 3.63) is 88.2 Å². The second-order valence-corrected chi connectivity index (χ2v) is 10.8. The molecule has 0 saturated carbocycles. The highest BCUT2D eigenvalue weighted by molar-refractivity contribution is 5.88. The smallest absolute Gasteiger partial charge is 0.354 e. The number of hydrogen-bond acceptors (Lipinski definition) is 6. The predicted molar refractivity (Wildman–Crippen MR) is 161 cm³/mol. The van der Waals surface area contributed by atoms with Crippen LogP contribution in [0.25, 0.3) is 45.2 Å². The summed E-state index contributed by atoms with van der Waals surface area (Å²) < 4.78 is 0. The highest BCUT2D eigenvalue weighted by atomic mass is 16.4. The van der Waals surface area contributed by atoms with Gasteiger partial charge in [0, 0.05) is 11.6 Å². The molecule has 0 saturated heterocycles. The third kappa shape index (κ3) is 5.08. The fourth-order valence-corrected chi connectivity index (χ4v) is 5.59. The normalized spacial score (nSPS) is 12.9. The van der Waals surface area contributed by atoms with Gasteiger partial charge in [-0.2, -0.15) is 0 Å². The zero-order valence-electron chi connectivity index (χ0n) is 23.7. The van der Waals surface area contributed by atoms with Crippen molar-refractivity contribution in [2.24, 2.45) is 0 Å². The molecule has 0 spiro atoms. The molecule has 0 fully saturated rings. The number of carbonyl (C=O) groups is 1. The van der Waals surface area contributed by atoms with Crippen molar-refractivity contribution in [2.75, 3.05) is 0 Å². The van der Waals surface area contributed by atoms with Gasteiger partial charge in [-0.1, -0.05) is 51.8 Å². The van der Waals surface area contributed by atoms with Gasteiger partial charge in [-0.15, -0.1) is 0 Å². The number of aromatic nitrogens is 5. The summed E-state index contributed by atoms with van der Waals surface area (Å²) in [6, 6.07) is 16.1. The van der Waals surface area contributed by atoms with Gasteiger partial charge in [0.05, 0.1) is 34.2 Å². The Morgan fingerprint density at radius 1 is 0.707 bits per heavy atom. The van der Waals surface area contributed by atoms with E-state index in [9.17, 15) is 9.90 Å². The number of carboxylic acid groups (broad SMARTS) is 1. The number of carboxylic acids is 1. The first-order chi connectivity index (χ1) is 20.0. The fourth-order valence-electron chi connectivity index (χ4n) is 5.59. The summed E-state index contributed by atoms with van der Waals surface area (Å²) in [5.41, 5.74) is 11.1. The molecule has 1 N–H and O–H groups in total. The third-order valence-corrected chi connectivity index (χ3v) is 7.54. The van der Waals surface area contributed by atoms with Gasteiger partial charge in [0.1, 0.15) is 5.69 Å². The van der Waals surface area contributed by atoms with E-state index in [0.29, 0.717) is 11.3 Å². The Bertz CT molecular complexity index is 1780. The van der Waals surface area contributed by atoms with E-state index in [1.165, 1.54) is 23.1 Å². The summed E-state index contributed by atoms with van der Waals surface area (Å²) in [4.78, 5) is 35.7. The number of aromatic carboxylic acids is 1. The van der Waals surface area contributed by atoms with E-state index in [0.717, 1.165) is 83.5 Å². The maximum absolute atomic E-state index is 11.6. The minimum atomic E-state index is -1.04. The summed E-state index contributed by atoms with van der Waals surface area (Å²) in [5.74, 6) is -1.04. The van der Waals surface area contributed by atoms with Gasteiger partial charge < -0.3 is 5.11 Å². The number of pyridine rings is 5. The Kier molecular flexibility index (Phi) is 7.26. The number of hydrogen-bond donors (Lipinski definition) is 1. The van der Waals surface area contributed by atoms with Crippen LogP contribution in [0, 0.1) is 0 Å². The summed E-state index contributed by atoms with van der Waals surface area (Å²) >= 11 is 0. The number of nitrogens with zero attached hydrogens (tertiary/aromatic N) is 5. The lowest BCUT2D eigenvalue weighted by molar-refractivity contribution is 0.0690. The average Bonchev–Trinajstić information content (AvgIpc) is 2.99. The molecular formula is C34H33N5O2. The van der Waals surface area contributed by atoms with E-state index in [1.54, 1.807) is 6.07 Å². The van der Waals surface area contributed by atoms with E-state index in [1.807, 2.05) is 24.4 Å². The van der Waals surface area contributed by atoms with E-state index >= 15 is 0 Å². The molecule has 5 aromatic heterocycles. The topological polar surface area (TPSA) is 102 Å². The second-order valence-electron chi connectivity index (χ2n) is 10.8. The summed E-state index contributed by atoms with van der Waals surface area (Å²) in [6.45, 7) is 6.42. The Morgan fingerprint density at radius 2 is 1.27 bits per heavy atom. The molecule has 41 heavy (non-hydrogen) atoms. The number of fused-ring (bicyclic) bond motifs is 7. The number of rotatable bonds is 4. The molecule has 7 rings (SSSR count). The first-order valence-electron chi connectivity index (χ1n) is 14.5. The van der Waals surface area contributed by atoms with Crippen LogP contribution in [0.15, 0.2) is 54.7 Å². The van der Waals surface area contributed by atoms with Crippen LogP contribution in [-0.2, 0) is 32.1 Å². The third-order valence-electron chi connectivity index (χ3n) is 7.54. The largest absolute Gasteiger partial charge is 0.477 e. The Labute approximate surface area is 239 Å². The molecule has 7 heteroatoms. The van der Waals surface area contributed by atoms with Crippen LogP contribution in [0.1, 0.15) is 71.9 Å². The Hall–Kier alpha value is -4.52. The first-order valence-corrected chi connectivity index (χ1v) is 14.5. The maximum atomic E-state index is 11.6. The summed E-state index contributed by atoms with van der Waals surface area (Å²) in [5, 5.41) is 10.5. The molecule has 5 heterocycles. The van der Waals surface area contributed by atoms with Crippen molar-refractivity contribution in [3.8, 4) is 34.2 Å². The molecule has 0 atom stereocenters. The van der Waals surface area contributed by atoms with Gasteiger partial charge >= 0.3 is 5.97 Å². The molecule has 0 aromatic carbocycles. The molecule has 2 aliphatic rings. The van der Waals surface area contributed by atoms with Crippen LogP contribution in [-0.4, -0.2) is 36.0 Å². The van der Waals surface area contributed by atoms with Crippen molar-refractivity contribution in [1.82, 2.24) is 24.9 Å². The van der Waals surface area contributed by atoms with Crippen LogP contribution < -0.4 is 0 Å². The zero-order chi connectivity index (χ0) is 28.5. The predicted octanol–water partition coefficient (Wildman–Crippen LogP) is 7.08. The van der Waals surface area contributed by atoms with Crippen molar-refractivity contribution in [2.45, 2.75) is 65.7 Å². The van der Waals surface area contributed by atoms with Crippen LogP contribution in [0.4, 0.5) is 0 Å². The second kappa shape index (κ2) is 11.2. The minimum absolute atomic E-state index is 0.0268. The van der Waals surface area contributed by atoms with Crippen LogP contribution in [0.5, 0.6) is 0 Å². The van der Waals surface area contributed by atoms with E-state index in [-0.39, 0.29) is 5.69 Å². The molecule has 5 aromatic rings. The maximum Gasteiger partial charge on any atom is 0.354 e. The lowest BCUT2D eigenvalue weighted by Crippen LogP contribution is -2.12. The van der Waals surface area contributed by atoms with Crippen LogP contribution >= 0.6 is 0 Å². The van der Waals surface area contributed by atoms with Crippen LogP contribution in [0.2, 0.25) is 0 Å². The monoisotopic (exact) mass is 543 g/mol. The van der Waals surface area contributed by atoms with E-state index in [2.05, 4.69) is 55.0 Å². The van der Waals surface area contributed by atoms with Crippen molar-refractivity contribution in [3.63, 3.8) is 0 Å². The first kappa shape index (κ1) is 26.7. The average molecular weight is 544 g/mol. The van der Waals surface area contributed by atoms with Gasteiger partial charge in [-0.05, 0) is 90.3 Å². The Morgan fingerprint density at radius 3 is 1.85 bits per heavy atom. The van der Waals surface area contributed by atoms with Crippen molar-refractivity contribution >= 4 is 17.0 Å². The molecule has 0 amide bonds. The minimum Gasteiger partial charge on any atom is -0.477 e. The van der Waals surface area contributed by atoms with E-state index < -0.39 is 5.97 Å². The van der Waals surface area contributed by atoms with Gasteiger partial charge in [0.25, 0.3) is 0 Å². The molecule has 206 valence electrons. The highest BCUT2D eigenvalue weighted by Gasteiger charge is 2.25. The molecule has 0 bridgehead atoms. The lowest BCUT2D eigenvalue weighted by Gasteiger charge is -2.21. The molecular weight excluding hydrogens is 510 g/mol. The lowest BCUT2D eigenvalue weighted by atomic mass is 9.89. The Balaban J connectivity index is 0.000000967. The summed E-state index contributed by atoms with van der Waals surface area (Å²) in [6.07, 6.45) is 8.77. The van der Waals surface area contributed by atoms with Crippen molar-refractivity contribution < 1.29 is 9.90 Å². The summed E-state index contributed by atoms with van der Waals surface area (Å²) in [7, 11) is 0. The zero-order valence-corrected chi connectivity index (χ0v) is 23.7. The van der Waals surface area contributed by atoms with Gasteiger partial charge in [0.2, 0.25) is 0 Å². The van der Waals surface area contributed by atoms with E-state index in [4.69, 9.17) is 15.0 Å². The van der Waals surface area contributed by atoms with Gasteiger partial charge in [-0.25, -0.2) is 24.7 Å². The van der Waals surface area contributed by atoms with Crippen molar-refractivity contribution in [1.29, 1.82) is 0 Å². The SMILES string of the molecule is CCC.CCCc1ccc(-c2ccc3c(n2)-c2nc4nc5c(cc4cc2CC3)CCc2ccc(C(=O)O)nc2-5)nc1. The fraction of sp³-hybridized carbons (Fsp3) is 0.294. The van der Waals surface area contributed by atoms with Gasteiger partial charge in [0.15, 0.2) is 5.65 Å². The van der Waals surface area contributed by atoms with Crippen LogP contribution in [0.3, 0.4) is 0 Å². The quantitative estimate of drug-likeness (QED) is 0.258. The standard InChI is InChI=1S/C31H25N5O2.C3H8/c1-2-3-17-4-11-23(32-16-17)24-12-9-18-5-7-20-14-22-15-21-8-6-19-10-13-25(31(37)38)34-27(19)29(21)36-30(22)35-28(20)26(18)33-24;1-3-2/h4,9-16H,2-3,5-8H2,1H3,(H,37,38);3H2,1-2H3. The molecule has 0 unspecified atom stereocenters.